The van der Waals surface area contributed by atoms with Crippen LogP contribution in [0.15, 0.2) is 42.9 Å². The normalized spacial score (nSPS) is 11.9. The van der Waals surface area contributed by atoms with E-state index in [4.69, 9.17) is 34.0 Å². The summed E-state index contributed by atoms with van der Waals surface area (Å²) in [4.78, 5) is 28.8. The highest BCUT2D eigenvalue weighted by Crippen LogP contribution is 2.40. The lowest BCUT2D eigenvalue weighted by Gasteiger charge is -2.19. The van der Waals surface area contributed by atoms with E-state index >= 15 is 0 Å². The van der Waals surface area contributed by atoms with Gasteiger partial charge in [-0.2, -0.15) is 5.10 Å². The Morgan fingerprint density at radius 2 is 1.94 bits per heavy atom. The number of amides is 1. The fourth-order valence-electron chi connectivity index (χ4n) is 3.76. The molecule has 5 aromatic rings. The number of aromatic amines is 1. The fraction of sp³-hybridized carbons (Fsp3) is 0.174. The van der Waals surface area contributed by atoms with E-state index in [1.807, 2.05) is 20.8 Å². The van der Waals surface area contributed by atoms with Crippen LogP contribution in [0, 0.1) is 0 Å². The molecule has 1 aromatic carbocycles. The van der Waals surface area contributed by atoms with Crippen molar-refractivity contribution in [1.82, 2.24) is 29.7 Å². The quantitative estimate of drug-likeness (QED) is 0.313. The molecule has 0 unspecified atom stereocenters. The minimum absolute atomic E-state index is 0.251. The van der Waals surface area contributed by atoms with Crippen molar-refractivity contribution < 1.29 is 4.79 Å². The van der Waals surface area contributed by atoms with Crippen molar-refractivity contribution in [1.29, 1.82) is 0 Å². The number of rotatable bonds is 3. The van der Waals surface area contributed by atoms with Crippen LogP contribution >= 0.6 is 23.2 Å². The molecule has 4 N–H and O–H groups in total. The van der Waals surface area contributed by atoms with E-state index in [1.165, 1.54) is 6.33 Å². The molecule has 0 saturated heterocycles. The first-order valence-electron chi connectivity index (χ1n) is 10.4. The van der Waals surface area contributed by atoms with Crippen LogP contribution in [0.25, 0.3) is 33.3 Å². The Morgan fingerprint density at radius 1 is 1.15 bits per heavy atom. The number of nitrogens with one attached hydrogen (secondary N) is 2. The molecule has 0 fully saturated rings. The van der Waals surface area contributed by atoms with E-state index in [2.05, 4.69) is 25.3 Å². The van der Waals surface area contributed by atoms with Gasteiger partial charge in [0.15, 0.2) is 5.65 Å². The lowest BCUT2D eigenvalue weighted by Crippen LogP contribution is -2.23. The number of benzene rings is 1. The summed E-state index contributed by atoms with van der Waals surface area (Å²) in [6, 6.07) is 8.53. The van der Waals surface area contributed by atoms with Crippen molar-refractivity contribution in [2.45, 2.75) is 26.3 Å². The number of pyridine rings is 1. The molecule has 9 nitrogen and oxygen atoms in total. The van der Waals surface area contributed by atoms with Gasteiger partial charge in [-0.3, -0.25) is 4.79 Å². The van der Waals surface area contributed by atoms with E-state index < -0.39 is 5.91 Å². The van der Waals surface area contributed by atoms with Crippen LogP contribution in [0.4, 0.5) is 11.6 Å². The molecule has 34 heavy (non-hydrogen) atoms. The van der Waals surface area contributed by atoms with Crippen molar-refractivity contribution in [3.8, 4) is 11.4 Å². The predicted molar refractivity (Wildman–Crippen MR) is 134 cm³/mol. The molecule has 5 rings (SSSR count). The topological polar surface area (TPSA) is 127 Å². The molecule has 0 aliphatic rings. The summed E-state index contributed by atoms with van der Waals surface area (Å²) in [5, 5.41) is 9.40. The first kappa shape index (κ1) is 22.1. The summed E-state index contributed by atoms with van der Waals surface area (Å²) in [6.07, 6.45) is 3.00. The number of nitrogen functional groups attached to an aromatic ring is 1. The minimum Gasteiger partial charge on any atom is -0.383 e. The molecule has 0 bridgehead atoms. The van der Waals surface area contributed by atoms with Crippen LogP contribution in [-0.4, -0.2) is 35.6 Å². The van der Waals surface area contributed by atoms with Gasteiger partial charge in [-0.25, -0.2) is 19.6 Å². The van der Waals surface area contributed by atoms with Crippen LogP contribution in [0.5, 0.6) is 0 Å². The number of nitrogens with zero attached hydrogens (tertiary/aromatic N) is 5. The number of hydrogen-bond acceptors (Lipinski definition) is 6. The summed E-state index contributed by atoms with van der Waals surface area (Å²) in [5.41, 5.74) is 8.38. The molecule has 0 radical (unpaired) electrons. The van der Waals surface area contributed by atoms with Crippen molar-refractivity contribution in [2.24, 2.45) is 0 Å². The Kier molecular flexibility index (Phi) is 5.18. The van der Waals surface area contributed by atoms with Gasteiger partial charge in [0.25, 0.3) is 5.91 Å². The molecule has 4 aromatic heterocycles. The van der Waals surface area contributed by atoms with Crippen molar-refractivity contribution >= 4 is 62.7 Å². The zero-order valence-electron chi connectivity index (χ0n) is 18.5. The Bertz CT molecular complexity index is 1570. The molecule has 0 spiro atoms. The van der Waals surface area contributed by atoms with Crippen LogP contribution < -0.4 is 11.1 Å². The molecular weight excluding hydrogens is 475 g/mol. The monoisotopic (exact) mass is 494 g/mol. The van der Waals surface area contributed by atoms with Gasteiger partial charge >= 0.3 is 0 Å². The standard InChI is InChI=1S/C23H20Cl2N8O/c1-23(2,3)33-21-16(20(26)28-10-29-21)18(32-33)19-17(25)12-8-13(24)11(9-14(12)30-19)22(34)31-15-6-4-5-7-27-15/h4-10,30H,1-3H3,(H2,26,28,29)(H,27,31,34). The minimum atomic E-state index is -0.391. The third kappa shape index (κ3) is 3.63. The maximum Gasteiger partial charge on any atom is 0.258 e. The number of H-pyrrole nitrogens is 1. The summed E-state index contributed by atoms with van der Waals surface area (Å²) >= 11 is 13.2. The maximum atomic E-state index is 12.8. The second-order valence-electron chi connectivity index (χ2n) is 8.75. The molecule has 4 heterocycles. The van der Waals surface area contributed by atoms with Crippen LogP contribution in [0.3, 0.4) is 0 Å². The molecular formula is C23H20Cl2N8O. The van der Waals surface area contributed by atoms with E-state index in [-0.39, 0.29) is 16.1 Å². The average Bonchev–Trinajstić information content (AvgIpc) is 3.33. The van der Waals surface area contributed by atoms with Gasteiger partial charge in [-0.05, 0) is 45.0 Å². The molecule has 0 aliphatic carbocycles. The SMILES string of the molecule is CC(C)(C)n1nc(-c2[nH]c3cc(C(=O)Nc4ccccn4)c(Cl)cc3c2Cl)c2c(N)ncnc21. The first-order valence-corrected chi connectivity index (χ1v) is 11.1. The Morgan fingerprint density at radius 3 is 2.65 bits per heavy atom. The van der Waals surface area contributed by atoms with Gasteiger partial charge in [-0.15, -0.1) is 0 Å². The smallest absolute Gasteiger partial charge is 0.258 e. The highest BCUT2D eigenvalue weighted by atomic mass is 35.5. The number of nitrogens with two attached hydrogens (primary N) is 1. The number of carbonyl (C=O) groups is 1. The summed E-state index contributed by atoms with van der Waals surface area (Å²) in [7, 11) is 0. The third-order valence-corrected chi connectivity index (χ3v) is 6.05. The fourth-order valence-corrected chi connectivity index (χ4v) is 4.30. The van der Waals surface area contributed by atoms with E-state index in [0.29, 0.717) is 50.0 Å². The lowest BCUT2D eigenvalue weighted by molar-refractivity contribution is 0.102. The number of anilines is 2. The average molecular weight is 495 g/mol. The van der Waals surface area contributed by atoms with Crippen molar-refractivity contribution in [3.63, 3.8) is 0 Å². The number of fused-ring (bicyclic) bond motifs is 2. The third-order valence-electron chi connectivity index (χ3n) is 5.34. The predicted octanol–water partition coefficient (Wildman–Crippen LogP) is 5.27. The van der Waals surface area contributed by atoms with Gasteiger partial charge in [0.1, 0.15) is 23.7 Å². The number of halogens is 2. The second-order valence-corrected chi connectivity index (χ2v) is 9.53. The van der Waals surface area contributed by atoms with Gasteiger partial charge < -0.3 is 16.0 Å². The number of hydrogen-bond donors (Lipinski definition) is 3. The van der Waals surface area contributed by atoms with Crippen LogP contribution in [0.1, 0.15) is 31.1 Å². The largest absolute Gasteiger partial charge is 0.383 e. The summed E-state index contributed by atoms with van der Waals surface area (Å²) in [5.74, 6) is 0.320. The first-order chi connectivity index (χ1) is 16.1. The van der Waals surface area contributed by atoms with Crippen LogP contribution in [0.2, 0.25) is 10.0 Å². The molecule has 0 atom stereocenters. The van der Waals surface area contributed by atoms with Crippen LogP contribution in [-0.2, 0) is 5.54 Å². The van der Waals surface area contributed by atoms with Gasteiger partial charge in [0.05, 0.1) is 32.2 Å². The lowest BCUT2D eigenvalue weighted by atomic mass is 10.1. The maximum absolute atomic E-state index is 12.8. The highest BCUT2D eigenvalue weighted by Gasteiger charge is 2.27. The molecule has 0 saturated carbocycles. The van der Waals surface area contributed by atoms with Gasteiger partial charge in [-0.1, -0.05) is 29.3 Å². The molecule has 0 aliphatic heterocycles. The van der Waals surface area contributed by atoms with E-state index in [0.717, 1.165) is 0 Å². The number of carbonyl (C=O) groups excluding carboxylic acids is 1. The summed E-state index contributed by atoms with van der Waals surface area (Å²) < 4.78 is 1.79. The number of aromatic nitrogens is 6. The van der Waals surface area contributed by atoms with Gasteiger partial charge in [0, 0.05) is 17.1 Å². The van der Waals surface area contributed by atoms with Crippen molar-refractivity contribution in [3.05, 3.63) is 58.5 Å². The molecule has 172 valence electrons. The molecule has 11 heteroatoms. The molecule has 1 amide bonds. The Balaban J connectivity index is 1.66. The van der Waals surface area contributed by atoms with Crippen molar-refractivity contribution in [2.75, 3.05) is 11.1 Å². The Labute approximate surface area is 204 Å². The summed E-state index contributed by atoms with van der Waals surface area (Å²) in [6.45, 7) is 6.04. The van der Waals surface area contributed by atoms with E-state index in [1.54, 1.807) is 41.2 Å². The van der Waals surface area contributed by atoms with Gasteiger partial charge in [0.2, 0.25) is 0 Å². The zero-order valence-corrected chi connectivity index (χ0v) is 20.0. The second kappa shape index (κ2) is 7.96. The van der Waals surface area contributed by atoms with E-state index in [9.17, 15) is 4.79 Å². The zero-order chi connectivity index (χ0) is 24.2. The highest BCUT2D eigenvalue weighted by molar-refractivity contribution is 6.40. The Hall–Kier alpha value is -3.69.